The molecule has 116 valence electrons. The molecule has 1 saturated heterocycles. The van der Waals surface area contributed by atoms with E-state index in [1.165, 1.54) is 0 Å². The highest BCUT2D eigenvalue weighted by Gasteiger charge is 2.28. The first-order chi connectivity index (χ1) is 10.6. The maximum Gasteiger partial charge on any atom is 0.248 e. The Labute approximate surface area is 128 Å². The molecule has 0 aliphatic carbocycles. The van der Waals surface area contributed by atoms with E-state index in [0.717, 1.165) is 35.9 Å². The number of ether oxygens (including phenoxy) is 1. The van der Waals surface area contributed by atoms with E-state index in [0.29, 0.717) is 6.54 Å². The highest BCUT2D eigenvalue weighted by molar-refractivity contribution is 5.83. The summed E-state index contributed by atoms with van der Waals surface area (Å²) in [6.45, 7) is 3.02. The molecule has 3 rings (SSSR count). The van der Waals surface area contributed by atoms with Gasteiger partial charge in [-0.25, -0.2) is 0 Å². The van der Waals surface area contributed by atoms with E-state index in [1.807, 2.05) is 31.2 Å². The second-order valence-corrected chi connectivity index (χ2v) is 5.75. The van der Waals surface area contributed by atoms with Crippen LogP contribution >= 0.6 is 0 Å². The normalized spacial score (nSPS) is 21.7. The zero-order chi connectivity index (χ0) is 15.5. The third-order valence-corrected chi connectivity index (χ3v) is 4.23. The smallest absolute Gasteiger partial charge is 0.248 e. The van der Waals surface area contributed by atoms with Gasteiger partial charge in [-0.3, -0.25) is 9.59 Å². The van der Waals surface area contributed by atoms with E-state index in [1.54, 1.807) is 6.07 Å². The minimum Gasteiger partial charge on any atom is -0.378 e. The number of amides is 1. The SMILES string of the molecule is CC1OCCCC1C(=O)NCc1cc(=O)[nH]c2ccccc12. The highest BCUT2D eigenvalue weighted by Crippen LogP contribution is 2.21. The standard InChI is InChI=1S/C17H20N2O3/c1-11-13(6-4-8-22-11)17(21)18-10-12-9-16(20)19-15-7-3-2-5-14(12)15/h2-3,5,7,9,11,13H,4,6,8,10H2,1H3,(H,18,21)(H,19,20). The van der Waals surface area contributed by atoms with Crippen molar-refractivity contribution in [2.45, 2.75) is 32.4 Å². The molecule has 1 aliphatic heterocycles. The first kappa shape index (κ1) is 14.8. The largest absolute Gasteiger partial charge is 0.378 e. The number of hydrogen-bond donors (Lipinski definition) is 2. The van der Waals surface area contributed by atoms with E-state index in [2.05, 4.69) is 10.3 Å². The Morgan fingerprint density at radius 2 is 2.23 bits per heavy atom. The van der Waals surface area contributed by atoms with Crippen molar-refractivity contribution >= 4 is 16.8 Å². The van der Waals surface area contributed by atoms with Crippen LogP contribution in [0.25, 0.3) is 10.9 Å². The lowest BCUT2D eigenvalue weighted by molar-refractivity contribution is -0.133. The number of pyridine rings is 1. The monoisotopic (exact) mass is 300 g/mol. The van der Waals surface area contributed by atoms with Gasteiger partial charge in [0.15, 0.2) is 0 Å². The van der Waals surface area contributed by atoms with Gasteiger partial charge in [0.05, 0.1) is 12.0 Å². The molecule has 0 saturated carbocycles. The molecule has 2 unspecified atom stereocenters. The number of rotatable bonds is 3. The fraction of sp³-hybridized carbons (Fsp3) is 0.412. The molecule has 2 N–H and O–H groups in total. The van der Waals surface area contributed by atoms with Crippen molar-refractivity contribution in [3.05, 3.63) is 46.2 Å². The summed E-state index contributed by atoms with van der Waals surface area (Å²) in [6, 6.07) is 9.15. The maximum absolute atomic E-state index is 12.3. The first-order valence-corrected chi connectivity index (χ1v) is 7.65. The molecule has 1 aliphatic rings. The van der Waals surface area contributed by atoms with Gasteiger partial charge in [0, 0.05) is 30.1 Å². The van der Waals surface area contributed by atoms with E-state index < -0.39 is 0 Å². The summed E-state index contributed by atoms with van der Waals surface area (Å²) >= 11 is 0. The van der Waals surface area contributed by atoms with E-state index in [-0.39, 0.29) is 23.5 Å². The fourth-order valence-electron chi connectivity index (χ4n) is 3.00. The summed E-state index contributed by atoms with van der Waals surface area (Å²) in [6.07, 6.45) is 1.71. The number of carbonyl (C=O) groups excluding carboxylic acids is 1. The number of fused-ring (bicyclic) bond motifs is 1. The molecule has 1 fully saturated rings. The van der Waals surface area contributed by atoms with Crippen molar-refractivity contribution in [2.24, 2.45) is 5.92 Å². The molecule has 5 nitrogen and oxygen atoms in total. The van der Waals surface area contributed by atoms with Gasteiger partial charge in [-0.05, 0) is 31.4 Å². The van der Waals surface area contributed by atoms with Crippen molar-refractivity contribution < 1.29 is 9.53 Å². The Morgan fingerprint density at radius 1 is 1.41 bits per heavy atom. The van der Waals surface area contributed by atoms with Crippen LogP contribution in [-0.4, -0.2) is 23.6 Å². The predicted molar refractivity (Wildman–Crippen MR) is 84.6 cm³/mol. The Morgan fingerprint density at radius 3 is 3.05 bits per heavy atom. The number of hydrogen-bond acceptors (Lipinski definition) is 3. The quantitative estimate of drug-likeness (QED) is 0.910. The lowest BCUT2D eigenvalue weighted by atomic mass is 9.94. The zero-order valence-electron chi connectivity index (χ0n) is 12.6. The zero-order valence-corrected chi connectivity index (χ0v) is 12.6. The van der Waals surface area contributed by atoms with Crippen LogP contribution in [0.5, 0.6) is 0 Å². The molecule has 1 aromatic heterocycles. The summed E-state index contributed by atoms with van der Waals surface area (Å²) in [4.78, 5) is 26.8. The topological polar surface area (TPSA) is 71.2 Å². The van der Waals surface area contributed by atoms with Crippen LogP contribution in [0, 0.1) is 5.92 Å². The Hall–Kier alpha value is -2.14. The molecule has 0 radical (unpaired) electrons. The van der Waals surface area contributed by atoms with E-state index in [4.69, 9.17) is 4.74 Å². The van der Waals surface area contributed by atoms with Crippen molar-refractivity contribution in [3.63, 3.8) is 0 Å². The lowest BCUT2D eigenvalue weighted by Crippen LogP contribution is -2.40. The van der Waals surface area contributed by atoms with Crippen LogP contribution in [0.4, 0.5) is 0 Å². The van der Waals surface area contributed by atoms with Gasteiger partial charge in [0.2, 0.25) is 11.5 Å². The van der Waals surface area contributed by atoms with Crippen LogP contribution in [0.2, 0.25) is 0 Å². The molecule has 2 heterocycles. The number of aromatic nitrogens is 1. The number of carbonyl (C=O) groups is 1. The van der Waals surface area contributed by atoms with Gasteiger partial charge in [-0.1, -0.05) is 18.2 Å². The number of H-pyrrole nitrogens is 1. The van der Waals surface area contributed by atoms with Crippen molar-refractivity contribution in [1.29, 1.82) is 0 Å². The van der Waals surface area contributed by atoms with Gasteiger partial charge in [0.1, 0.15) is 0 Å². The van der Waals surface area contributed by atoms with Gasteiger partial charge < -0.3 is 15.0 Å². The molecule has 0 spiro atoms. The summed E-state index contributed by atoms with van der Waals surface area (Å²) in [5.41, 5.74) is 1.46. The molecule has 1 amide bonds. The number of aromatic amines is 1. The van der Waals surface area contributed by atoms with Gasteiger partial charge in [0.25, 0.3) is 0 Å². The average Bonchev–Trinajstić information content (AvgIpc) is 2.52. The lowest BCUT2D eigenvalue weighted by Gasteiger charge is -2.28. The van der Waals surface area contributed by atoms with Gasteiger partial charge in [-0.2, -0.15) is 0 Å². The van der Waals surface area contributed by atoms with Crippen LogP contribution in [0.1, 0.15) is 25.3 Å². The average molecular weight is 300 g/mol. The molecular formula is C17H20N2O3. The van der Waals surface area contributed by atoms with E-state index >= 15 is 0 Å². The molecular weight excluding hydrogens is 280 g/mol. The van der Waals surface area contributed by atoms with Crippen LogP contribution in [0.15, 0.2) is 35.1 Å². The third kappa shape index (κ3) is 3.04. The van der Waals surface area contributed by atoms with Crippen LogP contribution < -0.4 is 10.9 Å². The number of nitrogens with one attached hydrogen (secondary N) is 2. The van der Waals surface area contributed by atoms with Crippen LogP contribution in [0.3, 0.4) is 0 Å². The summed E-state index contributed by atoms with van der Waals surface area (Å²) in [5, 5.41) is 3.90. The third-order valence-electron chi connectivity index (χ3n) is 4.23. The highest BCUT2D eigenvalue weighted by atomic mass is 16.5. The van der Waals surface area contributed by atoms with Crippen molar-refractivity contribution in [1.82, 2.24) is 10.3 Å². The summed E-state index contributed by atoms with van der Waals surface area (Å²) < 4.78 is 5.54. The fourth-order valence-corrected chi connectivity index (χ4v) is 3.00. The molecule has 0 bridgehead atoms. The Kier molecular flexibility index (Phi) is 4.24. The minimum absolute atomic E-state index is 0.00318. The Balaban J connectivity index is 1.76. The summed E-state index contributed by atoms with van der Waals surface area (Å²) in [5.74, 6) is -0.112. The molecule has 22 heavy (non-hydrogen) atoms. The number of benzene rings is 1. The van der Waals surface area contributed by atoms with Crippen LogP contribution in [-0.2, 0) is 16.1 Å². The van der Waals surface area contributed by atoms with Crippen molar-refractivity contribution in [3.8, 4) is 0 Å². The summed E-state index contributed by atoms with van der Waals surface area (Å²) in [7, 11) is 0. The van der Waals surface area contributed by atoms with E-state index in [9.17, 15) is 9.59 Å². The maximum atomic E-state index is 12.3. The van der Waals surface area contributed by atoms with Crippen molar-refractivity contribution in [2.75, 3.05) is 6.61 Å². The van der Waals surface area contributed by atoms with Gasteiger partial charge >= 0.3 is 0 Å². The second kappa shape index (κ2) is 6.32. The van der Waals surface area contributed by atoms with Gasteiger partial charge in [-0.15, -0.1) is 0 Å². The molecule has 2 aromatic rings. The minimum atomic E-state index is -0.155. The second-order valence-electron chi connectivity index (χ2n) is 5.75. The predicted octanol–water partition coefficient (Wildman–Crippen LogP) is 1.96. The molecule has 1 aromatic carbocycles. The first-order valence-electron chi connectivity index (χ1n) is 7.65. The Bertz CT molecular complexity index is 738. The number of para-hydroxylation sites is 1. The molecule has 5 heteroatoms. The molecule has 2 atom stereocenters.